The van der Waals surface area contributed by atoms with Gasteiger partial charge in [-0.1, -0.05) is 17.7 Å². The minimum atomic E-state index is -0.464. The topological polar surface area (TPSA) is 71.0 Å². The molecule has 0 bridgehead atoms. The molecular weight excluding hydrogens is 381 g/mol. The number of nitrogens with one attached hydrogen (secondary N) is 1. The lowest BCUT2D eigenvalue weighted by molar-refractivity contribution is -0.125. The molecule has 3 aromatic rings. The summed E-state index contributed by atoms with van der Waals surface area (Å²) in [4.78, 5) is 27.6. The molecule has 0 spiro atoms. The quantitative estimate of drug-likeness (QED) is 0.728. The van der Waals surface area contributed by atoms with Crippen LogP contribution < -0.4 is 10.2 Å². The van der Waals surface area contributed by atoms with Gasteiger partial charge in [0.15, 0.2) is 5.65 Å². The largest absolute Gasteiger partial charge is 0.369 e. The lowest BCUT2D eigenvalue weighted by Gasteiger charge is -2.33. The highest BCUT2D eigenvalue weighted by Crippen LogP contribution is 2.24. The van der Waals surface area contributed by atoms with E-state index in [4.69, 9.17) is 11.6 Å². The SMILES string of the molecule is O=C(NCc1ccc(F)c(Cl)c1)[C@@H]1CCCN(c2cnc3nccnc3c2)C1. The van der Waals surface area contributed by atoms with Crippen molar-refractivity contribution in [3.8, 4) is 0 Å². The molecule has 4 rings (SSSR count). The number of aromatic nitrogens is 3. The first-order valence-corrected chi connectivity index (χ1v) is 9.51. The molecule has 2 aromatic heterocycles. The van der Waals surface area contributed by atoms with Gasteiger partial charge in [-0.25, -0.2) is 14.4 Å². The Hall–Kier alpha value is -2.80. The standard InChI is InChI=1S/C20H19ClFN5O/c21-16-8-13(3-4-17(16)22)10-26-20(28)14-2-1-7-27(12-14)15-9-18-19(25-11-15)24-6-5-23-18/h3-6,8-9,11,14H,1-2,7,10,12H2,(H,26,28)/t14-/m1/s1. The van der Waals surface area contributed by atoms with Crippen molar-refractivity contribution in [2.75, 3.05) is 18.0 Å². The summed E-state index contributed by atoms with van der Waals surface area (Å²) in [6.07, 6.45) is 6.77. The van der Waals surface area contributed by atoms with Crippen molar-refractivity contribution in [2.24, 2.45) is 5.92 Å². The molecule has 1 N–H and O–H groups in total. The predicted octanol–water partition coefficient (Wildman–Crippen LogP) is 3.35. The Morgan fingerprint density at radius 3 is 2.96 bits per heavy atom. The van der Waals surface area contributed by atoms with Crippen LogP contribution in [0.25, 0.3) is 11.2 Å². The molecule has 8 heteroatoms. The summed E-state index contributed by atoms with van der Waals surface area (Å²) in [5, 5.41) is 2.99. The van der Waals surface area contributed by atoms with Crippen LogP contribution in [-0.4, -0.2) is 33.9 Å². The molecule has 0 saturated carbocycles. The summed E-state index contributed by atoms with van der Waals surface area (Å²) in [5.74, 6) is -0.603. The average molecular weight is 400 g/mol. The fraction of sp³-hybridized carbons (Fsp3) is 0.300. The molecule has 3 heterocycles. The number of nitrogens with zero attached hydrogens (tertiary/aromatic N) is 4. The van der Waals surface area contributed by atoms with Crippen LogP contribution in [0.15, 0.2) is 42.9 Å². The Labute approximate surface area is 166 Å². The third kappa shape index (κ3) is 4.04. The summed E-state index contributed by atoms with van der Waals surface area (Å²) in [5.41, 5.74) is 3.05. The minimum Gasteiger partial charge on any atom is -0.369 e. The van der Waals surface area contributed by atoms with E-state index in [0.29, 0.717) is 18.7 Å². The number of hydrogen-bond acceptors (Lipinski definition) is 5. The number of fused-ring (bicyclic) bond motifs is 1. The number of anilines is 1. The first-order chi connectivity index (χ1) is 13.6. The number of rotatable bonds is 4. The zero-order valence-electron chi connectivity index (χ0n) is 15.1. The molecule has 144 valence electrons. The number of halogens is 2. The number of pyridine rings is 1. The molecule has 0 radical (unpaired) electrons. The number of amides is 1. The van der Waals surface area contributed by atoms with Crippen LogP contribution in [-0.2, 0) is 11.3 Å². The second-order valence-electron chi connectivity index (χ2n) is 6.84. The van der Waals surface area contributed by atoms with Crippen molar-refractivity contribution in [3.05, 3.63) is 59.3 Å². The second-order valence-corrected chi connectivity index (χ2v) is 7.25. The number of benzene rings is 1. The first kappa shape index (κ1) is 18.6. The van der Waals surface area contributed by atoms with Crippen LogP contribution in [0.4, 0.5) is 10.1 Å². The Bertz CT molecular complexity index is 1010. The van der Waals surface area contributed by atoms with Gasteiger partial charge in [0.25, 0.3) is 0 Å². The molecule has 0 unspecified atom stereocenters. The summed E-state index contributed by atoms with van der Waals surface area (Å²) in [7, 11) is 0. The van der Waals surface area contributed by atoms with E-state index in [2.05, 4.69) is 25.2 Å². The summed E-state index contributed by atoms with van der Waals surface area (Å²) in [6, 6.07) is 6.42. The van der Waals surface area contributed by atoms with Gasteiger partial charge < -0.3 is 10.2 Å². The molecule has 6 nitrogen and oxygen atoms in total. The third-order valence-electron chi connectivity index (χ3n) is 4.92. The molecule has 28 heavy (non-hydrogen) atoms. The Morgan fingerprint density at radius 2 is 2.11 bits per heavy atom. The van der Waals surface area contributed by atoms with Gasteiger partial charge in [0.1, 0.15) is 11.3 Å². The molecule has 1 aliphatic rings. The maximum Gasteiger partial charge on any atom is 0.225 e. The molecule has 1 fully saturated rings. The van der Waals surface area contributed by atoms with Crippen molar-refractivity contribution < 1.29 is 9.18 Å². The molecule has 1 aromatic carbocycles. The van der Waals surface area contributed by atoms with Crippen LogP contribution in [0.2, 0.25) is 5.02 Å². The van der Waals surface area contributed by atoms with Gasteiger partial charge in [-0.05, 0) is 36.6 Å². The van der Waals surface area contributed by atoms with E-state index >= 15 is 0 Å². The fourth-order valence-corrected chi connectivity index (χ4v) is 3.63. The second kappa shape index (κ2) is 8.06. The van der Waals surface area contributed by atoms with Gasteiger partial charge in [-0.15, -0.1) is 0 Å². The molecule has 0 aliphatic carbocycles. The number of carbonyl (C=O) groups is 1. The third-order valence-corrected chi connectivity index (χ3v) is 5.21. The monoisotopic (exact) mass is 399 g/mol. The highest BCUT2D eigenvalue weighted by Gasteiger charge is 2.26. The van der Waals surface area contributed by atoms with Gasteiger partial charge >= 0.3 is 0 Å². The Balaban J connectivity index is 1.40. The van der Waals surface area contributed by atoms with Gasteiger partial charge in [-0.3, -0.25) is 9.78 Å². The summed E-state index contributed by atoms with van der Waals surface area (Å²) >= 11 is 5.80. The number of carbonyl (C=O) groups excluding carboxylic acids is 1. The molecule has 1 atom stereocenters. The highest BCUT2D eigenvalue weighted by molar-refractivity contribution is 6.30. The zero-order valence-corrected chi connectivity index (χ0v) is 15.9. The van der Waals surface area contributed by atoms with Crippen LogP contribution in [0.3, 0.4) is 0 Å². The van der Waals surface area contributed by atoms with E-state index in [0.717, 1.165) is 36.2 Å². The van der Waals surface area contributed by atoms with Crippen LogP contribution in [0, 0.1) is 11.7 Å². The van der Waals surface area contributed by atoms with E-state index in [1.807, 2.05) is 6.07 Å². The summed E-state index contributed by atoms with van der Waals surface area (Å²) < 4.78 is 13.3. The lowest BCUT2D eigenvalue weighted by Crippen LogP contribution is -2.43. The molecule has 1 aliphatic heterocycles. The molecule has 1 saturated heterocycles. The van der Waals surface area contributed by atoms with Crippen molar-refractivity contribution in [1.82, 2.24) is 20.3 Å². The van der Waals surface area contributed by atoms with Gasteiger partial charge in [0, 0.05) is 32.0 Å². The van der Waals surface area contributed by atoms with Gasteiger partial charge in [-0.2, -0.15) is 0 Å². The zero-order chi connectivity index (χ0) is 19.5. The Kier molecular flexibility index (Phi) is 5.34. The minimum absolute atomic E-state index is 0.0151. The predicted molar refractivity (Wildman–Crippen MR) is 106 cm³/mol. The van der Waals surface area contributed by atoms with Crippen LogP contribution in [0.1, 0.15) is 18.4 Å². The van der Waals surface area contributed by atoms with E-state index in [1.54, 1.807) is 24.7 Å². The molecule has 1 amide bonds. The van der Waals surface area contributed by atoms with Crippen molar-refractivity contribution in [3.63, 3.8) is 0 Å². The molecular formula is C20H19ClFN5O. The highest BCUT2D eigenvalue weighted by atomic mass is 35.5. The number of piperidine rings is 1. The van der Waals surface area contributed by atoms with E-state index in [-0.39, 0.29) is 16.8 Å². The normalized spacial score (nSPS) is 16.9. The van der Waals surface area contributed by atoms with Crippen LogP contribution in [0.5, 0.6) is 0 Å². The Morgan fingerprint density at radius 1 is 1.25 bits per heavy atom. The lowest BCUT2D eigenvalue weighted by atomic mass is 9.96. The van der Waals surface area contributed by atoms with Crippen molar-refractivity contribution in [2.45, 2.75) is 19.4 Å². The van der Waals surface area contributed by atoms with E-state index in [1.165, 1.54) is 12.1 Å². The van der Waals surface area contributed by atoms with Gasteiger partial charge in [0.05, 0.1) is 22.8 Å². The maximum atomic E-state index is 13.3. The first-order valence-electron chi connectivity index (χ1n) is 9.13. The van der Waals surface area contributed by atoms with Crippen molar-refractivity contribution >= 4 is 34.4 Å². The number of hydrogen-bond donors (Lipinski definition) is 1. The van der Waals surface area contributed by atoms with E-state index in [9.17, 15) is 9.18 Å². The smallest absolute Gasteiger partial charge is 0.225 e. The maximum absolute atomic E-state index is 13.3. The summed E-state index contributed by atoms with van der Waals surface area (Å²) in [6.45, 7) is 1.80. The van der Waals surface area contributed by atoms with Gasteiger partial charge in [0.2, 0.25) is 5.91 Å². The van der Waals surface area contributed by atoms with Crippen LogP contribution >= 0.6 is 11.6 Å². The average Bonchev–Trinajstić information content (AvgIpc) is 2.74. The van der Waals surface area contributed by atoms with E-state index < -0.39 is 5.82 Å². The van der Waals surface area contributed by atoms with Crippen molar-refractivity contribution in [1.29, 1.82) is 0 Å². The fourth-order valence-electron chi connectivity index (χ4n) is 3.43.